The summed E-state index contributed by atoms with van der Waals surface area (Å²) in [6, 6.07) is 14.2. The van der Waals surface area contributed by atoms with E-state index in [2.05, 4.69) is 27.4 Å². The van der Waals surface area contributed by atoms with Gasteiger partial charge < -0.3 is 4.90 Å². The third-order valence-corrected chi connectivity index (χ3v) is 5.97. The molecule has 2 aromatic heterocycles. The molecular formula is C22H24N4OS. The highest BCUT2D eigenvalue weighted by Crippen LogP contribution is 2.24. The Morgan fingerprint density at radius 1 is 1.04 bits per heavy atom. The van der Waals surface area contributed by atoms with E-state index in [1.807, 2.05) is 41.4 Å². The van der Waals surface area contributed by atoms with Gasteiger partial charge in [-0.1, -0.05) is 36.4 Å². The summed E-state index contributed by atoms with van der Waals surface area (Å²) in [6.07, 6.45) is 4.91. The van der Waals surface area contributed by atoms with E-state index in [-0.39, 0.29) is 5.91 Å². The molecule has 1 saturated heterocycles. The average molecular weight is 393 g/mol. The highest BCUT2D eigenvalue weighted by Gasteiger charge is 2.21. The second-order valence-electron chi connectivity index (χ2n) is 7.03. The Bertz CT molecular complexity index is 889. The standard InChI is InChI=1S/C22H24N4OS/c27-21(9-8-18-5-4-10-23-15-18)26-13-11-25(12-14-26)16-20-17-28-22(24-20)19-6-2-1-3-7-19/h1-7,10,15,17H,8-9,11-14,16H2. The number of thiazole rings is 1. The molecule has 1 aromatic carbocycles. The van der Waals surface area contributed by atoms with E-state index in [4.69, 9.17) is 4.98 Å². The number of rotatable bonds is 6. The first-order valence-corrected chi connectivity index (χ1v) is 10.5. The Balaban J connectivity index is 1.24. The van der Waals surface area contributed by atoms with E-state index < -0.39 is 0 Å². The van der Waals surface area contributed by atoms with Crippen molar-refractivity contribution in [3.63, 3.8) is 0 Å². The number of carbonyl (C=O) groups is 1. The largest absolute Gasteiger partial charge is 0.340 e. The van der Waals surface area contributed by atoms with Crippen LogP contribution in [0.2, 0.25) is 0 Å². The second-order valence-corrected chi connectivity index (χ2v) is 7.89. The first-order valence-electron chi connectivity index (χ1n) is 9.67. The summed E-state index contributed by atoms with van der Waals surface area (Å²) < 4.78 is 0. The van der Waals surface area contributed by atoms with Gasteiger partial charge in [-0.2, -0.15) is 0 Å². The van der Waals surface area contributed by atoms with E-state index >= 15 is 0 Å². The summed E-state index contributed by atoms with van der Waals surface area (Å²) in [4.78, 5) is 25.7. The van der Waals surface area contributed by atoms with Crippen molar-refractivity contribution in [1.29, 1.82) is 0 Å². The predicted molar refractivity (Wildman–Crippen MR) is 112 cm³/mol. The molecule has 0 bridgehead atoms. The zero-order chi connectivity index (χ0) is 19.2. The van der Waals surface area contributed by atoms with Crippen LogP contribution in [0.4, 0.5) is 0 Å². The molecule has 0 radical (unpaired) electrons. The third kappa shape index (κ3) is 4.82. The van der Waals surface area contributed by atoms with Gasteiger partial charge in [0.15, 0.2) is 0 Å². The number of pyridine rings is 1. The first kappa shape index (κ1) is 18.8. The molecule has 3 heterocycles. The highest BCUT2D eigenvalue weighted by molar-refractivity contribution is 7.13. The minimum Gasteiger partial charge on any atom is -0.340 e. The molecule has 144 valence electrons. The van der Waals surface area contributed by atoms with Gasteiger partial charge in [-0.25, -0.2) is 4.98 Å². The number of aromatic nitrogens is 2. The summed E-state index contributed by atoms with van der Waals surface area (Å²) in [5.74, 6) is 0.239. The highest BCUT2D eigenvalue weighted by atomic mass is 32.1. The zero-order valence-electron chi connectivity index (χ0n) is 15.8. The number of benzene rings is 1. The lowest BCUT2D eigenvalue weighted by Crippen LogP contribution is -2.48. The molecule has 1 aliphatic rings. The Kier molecular flexibility index (Phi) is 6.09. The molecule has 1 aliphatic heterocycles. The molecule has 0 atom stereocenters. The normalized spacial score (nSPS) is 14.9. The number of hydrogen-bond acceptors (Lipinski definition) is 5. The number of carbonyl (C=O) groups excluding carboxylic acids is 1. The fraction of sp³-hybridized carbons (Fsp3) is 0.318. The van der Waals surface area contributed by atoms with Crippen LogP contribution in [0.3, 0.4) is 0 Å². The van der Waals surface area contributed by atoms with Crippen molar-refractivity contribution < 1.29 is 4.79 Å². The van der Waals surface area contributed by atoms with Crippen molar-refractivity contribution in [2.24, 2.45) is 0 Å². The van der Waals surface area contributed by atoms with Gasteiger partial charge in [-0.05, 0) is 18.1 Å². The van der Waals surface area contributed by atoms with Gasteiger partial charge in [0.25, 0.3) is 0 Å². The van der Waals surface area contributed by atoms with E-state index in [1.165, 1.54) is 5.56 Å². The second kappa shape index (κ2) is 9.08. The van der Waals surface area contributed by atoms with Crippen LogP contribution in [0.25, 0.3) is 10.6 Å². The van der Waals surface area contributed by atoms with E-state index in [9.17, 15) is 4.79 Å². The number of aryl methyl sites for hydroxylation is 1. The molecule has 0 saturated carbocycles. The summed E-state index contributed by atoms with van der Waals surface area (Å²) in [7, 11) is 0. The van der Waals surface area contributed by atoms with Crippen LogP contribution in [-0.4, -0.2) is 51.9 Å². The summed E-state index contributed by atoms with van der Waals surface area (Å²) in [6.45, 7) is 4.23. The lowest BCUT2D eigenvalue weighted by molar-refractivity contribution is -0.133. The molecule has 0 spiro atoms. The Labute approximate surface area is 169 Å². The lowest BCUT2D eigenvalue weighted by Gasteiger charge is -2.34. The number of amides is 1. The SMILES string of the molecule is O=C(CCc1cccnc1)N1CCN(Cc2csc(-c3ccccc3)n2)CC1. The maximum atomic E-state index is 12.5. The average Bonchev–Trinajstić information content (AvgIpc) is 3.22. The molecule has 5 nitrogen and oxygen atoms in total. The van der Waals surface area contributed by atoms with Crippen LogP contribution in [-0.2, 0) is 17.8 Å². The van der Waals surface area contributed by atoms with Gasteiger partial charge in [0.1, 0.15) is 5.01 Å². The third-order valence-electron chi connectivity index (χ3n) is 5.03. The zero-order valence-corrected chi connectivity index (χ0v) is 16.6. The fourth-order valence-electron chi connectivity index (χ4n) is 3.43. The van der Waals surface area contributed by atoms with Crippen molar-refractivity contribution >= 4 is 17.2 Å². The first-order chi connectivity index (χ1) is 13.8. The van der Waals surface area contributed by atoms with Crippen molar-refractivity contribution in [3.05, 3.63) is 71.5 Å². The molecule has 6 heteroatoms. The Morgan fingerprint density at radius 2 is 1.86 bits per heavy atom. The molecule has 3 aromatic rings. The molecule has 1 amide bonds. The van der Waals surface area contributed by atoms with Crippen molar-refractivity contribution in [2.75, 3.05) is 26.2 Å². The minimum atomic E-state index is 0.239. The molecule has 1 fully saturated rings. The molecule has 4 rings (SSSR count). The smallest absolute Gasteiger partial charge is 0.222 e. The maximum absolute atomic E-state index is 12.5. The van der Waals surface area contributed by atoms with E-state index in [0.29, 0.717) is 6.42 Å². The number of hydrogen-bond donors (Lipinski definition) is 0. The van der Waals surface area contributed by atoms with Crippen molar-refractivity contribution in [1.82, 2.24) is 19.8 Å². The van der Waals surface area contributed by atoms with Crippen molar-refractivity contribution in [2.45, 2.75) is 19.4 Å². The van der Waals surface area contributed by atoms with Gasteiger partial charge in [-0.3, -0.25) is 14.7 Å². The van der Waals surface area contributed by atoms with Crippen LogP contribution < -0.4 is 0 Å². The van der Waals surface area contributed by atoms with Crippen LogP contribution in [0.1, 0.15) is 17.7 Å². The topological polar surface area (TPSA) is 49.3 Å². The van der Waals surface area contributed by atoms with Gasteiger partial charge in [0, 0.05) is 62.5 Å². The van der Waals surface area contributed by atoms with Crippen LogP contribution >= 0.6 is 11.3 Å². The Hall–Kier alpha value is -2.57. The fourth-order valence-corrected chi connectivity index (χ4v) is 4.25. The van der Waals surface area contributed by atoms with Crippen molar-refractivity contribution in [3.8, 4) is 10.6 Å². The van der Waals surface area contributed by atoms with E-state index in [1.54, 1.807) is 17.5 Å². The molecular weight excluding hydrogens is 368 g/mol. The van der Waals surface area contributed by atoms with Crippen LogP contribution in [0.15, 0.2) is 60.2 Å². The van der Waals surface area contributed by atoms with Gasteiger partial charge >= 0.3 is 0 Å². The molecule has 0 N–H and O–H groups in total. The lowest BCUT2D eigenvalue weighted by atomic mass is 10.1. The van der Waals surface area contributed by atoms with Gasteiger partial charge in [0.05, 0.1) is 5.69 Å². The van der Waals surface area contributed by atoms with E-state index in [0.717, 1.165) is 55.4 Å². The summed E-state index contributed by atoms with van der Waals surface area (Å²) in [5.41, 5.74) is 3.40. The summed E-state index contributed by atoms with van der Waals surface area (Å²) in [5, 5.41) is 3.22. The number of piperazine rings is 1. The summed E-state index contributed by atoms with van der Waals surface area (Å²) >= 11 is 1.69. The minimum absolute atomic E-state index is 0.239. The number of nitrogens with zero attached hydrogens (tertiary/aromatic N) is 4. The van der Waals surface area contributed by atoms with Crippen LogP contribution in [0, 0.1) is 0 Å². The molecule has 0 aliphatic carbocycles. The quantitative estimate of drug-likeness (QED) is 0.644. The Morgan fingerprint density at radius 3 is 2.61 bits per heavy atom. The van der Waals surface area contributed by atoms with Crippen LogP contribution in [0.5, 0.6) is 0 Å². The van der Waals surface area contributed by atoms with Gasteiger partial charge in [0.2, 0.25) is 5.91 Å². The molecule has 28 heavy (non-hydrogen) atoms. The maximum Gasteiger partial charge on any atom is 0.222 e. The molecule has 0 unspecified atom stereocenters. The predicted octanol–water partition coefficient (Wildman–Crippen LogP) is 3.48. The van der Waals surface area contributed by atoms with Gasteiger partial charge in [-0.15, -0.1) is 11.3 Å². The monoisotopic (exact) mass is 392 g/mol.